The van der Waals surface area contributed by atoms with Crippen molar-refractivity contribution in [1.82, 2.24) is 9.13 Å². The van der Waals surface area contributed by atoms with Gasteiger partial charge in [-0.2, -0.15) is 0 Å². The zero-order chi connectivity index (χ0) is 19.1. The van der Waals surface area contributed by atoms with Gasteiger partial charge in [-0.25, -0.2) is 13.8 Å². The molecule has 4 nitrogen and oxygen atoms in total. The summed E-state index contributed by atoms with van der Waals surface area (Å²) in [5.41, 5.74) is 3.37. The lowest BCUT2D eigenvalue weighted by atomic mass is 10.1. The van der Waals surface area contributed by atoms with Crippen LogP contribution in [0.25, 0.3) is 15.9 Å². The number of nitrogens with zero attached hydrogens (tertiary/aromatic N) is 2. The molecule has 0 fully saturated rings. The van der Waals surface area contributed by atoms with Gasteiger partial charge in [0.25, 0.3) is 5.56 Å². The van der Waals surface area contributed by atoms with Crippen LogP contribution >= 0.6 is 11.3 Å². The maximum absolute atomic E-state index is 13.3. The number of aryl methyl sites for hydroxylation is 2. The van der Waals surface area contributed by atoms with E-state index in [1.54, 1.807) is 16.0 Å². The number of hydrogen-bond donors (Lipinski definition) is 0. The fourth-order valence-electron chi connectivity index (χ4n) is 3.20. The SMILES string of the molecule is Cc1ccc(C)c(Cn2c(=O)n(-c3ccc(F)cc3)c(=O)c3sccc32)c1. The Kier molecular flexibility index (Phi) is 4.28. The molecular weight excluding hydrogens is 363 g/mol. The summed E-state index contributed by atoms with van der Waals surface area (Å²) in [6, 6.07) is 13.3. The predicted octanol–water partition coefficient (Wildman–Crippen LogP) is 4.02. The van der Waals surface area contributed by atoms with E-state index in [1.807, 2.05) is 32.0 Å². The Labute approximate surface area is 158 Å². The van der Waals surface area contributed by atoms with Crippen LogP contribution in [0.2, 0.25) is 0 Å². The van der Waals surface area contributed by atoms with Gasteiger partial charge in [0.1, 0.15) is 10.5 Å². The summed E-state index contributed by atoms with van der Waals surface area (Å²) >= 11 is 1.30. The largest absolute Gasteiger partial charge is 0.336 e. The van der Waals surface area contributed by atoms with Gasteiger partial charge >= 0.3 is 5.69 Å². The molecule has 0 aliphatic heterocycles. The van der Waals surface area contributed by atoms with E-state index in [2.05, 4.69) is 0 Å². The lowest BCUT2D eigenvalue weighted by Gasteiger charge is -2.14. The van der Waals surface area contributed by atoms with Crippen LogP contribution in [-0.2, 0) is 6.54 Å². The van der Waals surface area contributed by atoms with Gasteiger partial charge in [0.15, 0.2) is 0 Å². The minimum Gasteiger partial charge on any atom is -0.288 e. The van der Waals surface area contributed by atoms with Crippen LogP contribution in [0.1, 0.15) is 16.7 Å². The Morgan fingerprint density at radius 2 is 1.74 bits per heavy atom. The van der Waals surface area contributed by atoms with Crippen molar-refractivity contribution in [2.45, 2.75) is 20.4 Å². The highest BCUT2D eigenvalue weighted by Crippen LogP contribution is 2.19. The minimum atomic E-state index is -0.432. The number of halogens is 1. The minimum absolute atomic E-state index is 0.358. The van der Waals surface area contributed by atoms with Crippen LogP contribution < -0.4 is 11.2 Å². The van der Waals surface area contributed by atoms with Crippen molar-refractivity contribution in [3.05, 3.63) is 97.3 Å². The molecule has 0 aliphatic carbocycles. The number of aromatic nitrogens is 2. The number of rotatable bonds is 3. The van der Waals surface area contributed by atoms with E-state index in [4.69, 9.17) is 0 Å². The maximum Gasteiger partial charge on any atom is 0.336 e. The molecule has 0 saturated carbocycles. The van der Waals surface area contributed by atoms with Crippen LogP contribution in [-0.4, -0.2) is 9.13 Å². The Morgan fingerprint density at radius 1 is 1.00 bits per heavy atom. The molecular formula is C21H17FN2O2S. The smallest absolute Gasteiger partial charge is 0.288 e. The van der Waals surface area contributed by atoms with Gasteiger partial charge in [-0.1, -0.05) is 23.8 Å². The Balaban J connectivity index is 1.99. The first-order chi connectivity index (χ1) is 13.0. The molecule has 2 aromatic carbocycles. The Morgan fingerprint density at radius 3 is 2.48 bits per heavy atom. The lowest BCUT2D eigenvalue weighted by Crippen LogP contribution is -2.38. The second-order valence-electron chi connectivity index (χ2n) is 6.55. The van der Waals surface area contributed by atoms with Crippen LogP contribution in [0.4, 0.5) is 4.39 Å². The Bertz CT molecular complexity index is 1270. The van der Waals surface area contributed by atoms with E-state index in [9.17, 15) is 14.0 Å². The van der Waals surface area contributed by atoms with Crippen molar-refractivity contribution >= 4 is 21.6 Å². The maximum atomic E-state index is 13.3. The predicted molar refractivity (Wildman–Crippen MR) is 107 cm³/mol. The number of benzene rings is 2. The zero-order valence-electron chi connectivity index (χ0n) is 14.9. The topological polar surface area (TPSA) is 44.0 Å². The Hall–Kier alpha value is -2.99. The molecule has 2 heterocycles. The second-order valence-corrected chi connectivity index (χ2v) is 7.47. The molecule has 0 spiro atoms. The van der Waals surface area contributed by atoms with Crippen molar-refractivity contribution in [2.24, 2.45) is 0 Å². The fourth-order valence-corrected chi connectivity index (χ4v) is 4.02. The van der Waals surface area contributed by atoms with Gasteiger partial charge in [0.2, 0.25) is 0 Å². The summed E-state index contributed by atoms with van der Waals surface area (Å²) in [4.78, 5) is 26.1. The van der Waals surface area contributed by atoms with Gasteiger partial charge < -0.3 is 0 Å². The van der Waals surface area contributed by atoms with Crippen molar-refractivity contribution < 1.29 is 4.39 Å². The molecule has 6 heteroatoms. The van der Waals surface area contributed by atoms with Crippen molar-refractivity contribution in [3.8, 4) is 5.69 Å². The molecule has 136 valence electrons. The van der Waals surface area contributed by atoms with Crippen molar-refractivity contribution in [3.63, 3.8) is 0 Å². The van der Waals surface area contributed by atoms with Crippen LogP contribution in [0.15, 0.2) is 63.5 Å². The highest BCUT2D eigenvalue weighted by atomic mass is 32.1. The number of fused-ring (bicyclic) bond motifs is 1. The van der Waals surface area contributed by atoms with Crippen LogP contribution in [0, 0.1) is 19.7 Å². The van der Waals surface area contributed by atoms with E-state index in [-0.39, 0.29) is 5.56 Å². The molecule has 4 aromatic rings. The third-order valence-corrected chi connectivity index (χ3v) is 5.56. The molecule has 0 atom stereocenters. The van der Waals surface area contributed by atoms with Crippen LogP contribution in [0.5, 0.6) is 0 Å². The van der Waals surface area contributed by atoms with Crippen molar-refractivity contribution in [2.75, 3.05) is 0 Å². The van der Waals surface area contributed by atoms with Crippen LogP contribution in [0.3, 0.4) is 0 Å². The molecule has 2 aromatic heterocycles. The zero-order valence-corrected chi connectivity index (χ0v) is 15.7. The molecule has 27 heavy (non-hydrogen) atoms. The van der Waals surface area contributed by atoms with Gasteiger partial charge in [0, 0.05) is 0 Å². The number of thiophene rings is 1. The molecule has 4 rings (SSSR count). The van der Waals surface area contributed by atoms with Gasteiger partial charge in [-0.15, -0.1) is 11.3 Å². The average molecular weight is 380 g/mol. The standard InChI is InChI=1S/C21H17FN2O2S/c1-13-3-4-14(2)15(11-13)12-23-18-9-10-27-19(18)20(25)24(21(23)26)17-7-5-16(22)6-8-17/h3-11H,12H2,1-2H3. The first kappa shape index (κ1) is 17.4. The van der Waals surface area contributed by atoms with E-state index in [1.165, 1.54) is 35.6 Å². The molecule has 0 N–H and O–H groups in total. The molecule has 0 radical (unpaired) electrons. The lowest BCUT2D eigenvalue weighted by molar-refractivity contribution is 0.626. The molecule has 0 bridgehead atoms. The molecule has 0 saturated heterocycles. The first-order valence-electron chi connectivity index (χ1n) is 8.51. The summed E-state index contributed by atoms with van der Waals surface area (Å²) in [5, 5.41) is 1.81. The highest BCUT2D eigenvalue weighted by Gasteiger charge is 2.16. The summed E-state index contributed by atoms with van der Waals surface area (Å²) in [5.74, 6) is -0.417. The summed E-state index contributed by atoms with van der Waals surface area (Å²) in [6.07, 6.45) is 0. The van der Waals surface area contributed by atoms with E-state index >= 15 is 0 Å². The number of hydrogen-bond acceptors (Lipinski definition) is 3. The normalized spacial score (nSPS) is 11.2. The van der Waals surface area contributed by atoms with Gasteiger partial charge in [-0.3, -0.25) is 9.36 Å². The first-order valence-corrected chi connectivity index (χ1v) is 9.39. The van der Waals surface area contributed by atoms with E-state index < -0.39 is 11.5 Å². The third-order valence-electron chi connectivity index (χ3n) is 4.67. The van der Waals surface area contributed by atoms with Crippen molar-refractivity contribution in [1.29, 1.82) is 0 Å². The molecule has 0 aliphatic rings. The average Bonchev–Trinajstić information content (AvgIpc) is 3.13. The molecule has 0 unspecified atom stereocenters. The van der Waals surface area contributed by atoms with Gasteiger partial charge in [-0.05, 0) is 60.7 Å². The summed E-state index contributed by atoms with van der Waals surface area (Å²) in [7, 11) is 0. The summed E-state index contributed by atoms with van der Waals surface area (Å²) in [6.45, 7) is 4.37. The fraction of sp³-hybridized carbons (Fsp3) is 0.143. The van der Waals surface area contributed by atoms with E-state index in [0.717, 1.165) is 21.3 Å². The summed E-state index contributed by atoms with van der Waals surface area (Å²) < 4.78 is 16.5. The van der Waals surface area contributed by atoms with Gasteiger partial charge in [0.05, 0.1) is 17.7 Å². The second kappa shape index (κ2) is 6.63. The van der Waals surface area contributed by atoms with E-state index in [0.29, 0.717) is 22.4 Å². The quantitative estimate of drug-likeness (QED) is 0.539. The monoisotopic (exact) mass is 380 g/mol. The third kappa shape index (κ3) is 3.02. The molecule has 0 amide bonds. The highest BCUT2D eigenvalue weighted by molar-refractivity contribution is 7.17.